The largest absolute Gasteiger partial charge is 0.387 e. The highest BCUT2D eigenvalue weighted by molar-refractivity contribution is 5.13. The second-order valence-electron chi connectivity index (χ2n) is 5.21. The van der Waals surface area contributed by atoms with Crippen molar-refractivity contribution < 1.29 is 24.4 Å². The van der Waals surface area contributed by atoms with Crippen LogP contribution in [0.5, 0.6) is 0 Å². The first-order valence-electron chi connectivity index (χ1n) is 6.86. The molecule has 0 radical (unpaired) electrons. The van der Waals surface area contributed by atoms with Crippen molar-refractivity contribution in [2.75, 3.05) is 6.61 Å². The molecule has 112 valence electrons. The Labute approximate surface area is 119 Å². The van der Waals surface area contributed by atoms with E-state index in [1.54, 1.807) is 0 Å². The fourth-order valence-electron chi connectivity index (χ4n) is 2.18. The third kappa shape index (κ3) is 4.01. The van der Waals surface area contributed by atoms with E-state index in [1.165, 1.54) is 0 Å². The number of hydrogen-bond donors (Lipinski definition) is 2. The molecule has 0 unspecified atom stereocenters. The Morgan fingerprint density at radius 1 is 1.20 bits per heavy atom. The van der Waals surface area contributed by atoms with Gasteiger partial charge in [-0.1, -0.05) is 30.3 Å². The third-order valence-corrected chi connectivity index (χ3v) is 3.14. The highest BCUT2D eigenvalue weighted by Gasteiger charge is 2.44. The van der Waals surface area contributed by atoms with E-state index in [1.807, 2.05) is 44.2 Å². The van der Waals surface area contributed by atoms with Crippen LogP contribution >= 0.6 is 0 Å². The molecule has 1 aromatic rings. The number of ether oxygens (including phenoxy) is 3. The summed E-state index contributed by atoms with van der Waals surface area (Å²) in [6.07, 6.45) is -3.38. The normalized spacial score (nSPS) is 30.1. The second-order valence-corrected chi connectivity index (χ2v) is 5.21. The maximum atomic E-state index is 10.1. The van der Waals surface area contributed by atoms with Crippen LogP contribution in [0.4, 0.5) is 0 Å². The molecule has 0 amide bonds. The molecule has 1 aromatic carbocycles. The minimum Gasteiger partial charge on any atom is -0.387 e. The summed E-state index contributed by atoms with van der Waals surface area (Å²) >= 11 is 0. The zero-order valence-corrected chi connectivity index (χ0v) is 11.8. The molecule has 0 bridgehead atoms. The Balaban J connectivity index is 1.79. The summed E-state index contributed by atoms with van der Waals surface area (Å²) < 4.78 is 16.3. The average molecular weight is 282 g/mol. The standard InChI is InChI=1S/C15H22O5/c1-10(2)19-14-13(16)12(20-15(14)17)9-18-8-11-6-4-3-5-7-11/h3-7,10,12-17H,8-9H2,1-2H3/t12-,13-,14+,15+/m1/s1. The summed E-state index contributed by atoms with van der Waals surface area (Å²) in [5.41, 5.74) is 1.05. The Hall–Kier alpha value is -0.980. The number of benzene rings is 1. The van der Waals surface area contributed by atoms with E-state index in [0.29, 0.717) is 6.61 Å². The fourth-order valence-corrected chi connectivity index (χ4v) is 2.18. The zero-order chi connectivity index (χ0) is 14.5. The molecule has 1 aliphatic rings. The SMILES string of the molecule is CC(C)O[C@H]1[C@H](O)[C@@H](COCc2ccccc2)O[C@@H]1O. The number of rotatable bonds is 6. The summed E-state index contributed by atoms with van der Waals surface area (Å²) in [6, 6.07) is 9.75. The van der Waals surface area contributed by atoms with Crippen molar-refractivity contribution in [1.82, 2.24) is 0 Å². The van der Waals surface area contributed by atoms with E-state index >= 15 is 0 Å². The first-order chi connectivity index (χ1) is 9.58. The summed E-state index contributed by atoms with van der Waals surface area (Å²) in [5, 5.41) is 19.8. The molecule has 1 heterocycles. The van der Waals surface area contributed by atoms with Crippen LogP contribution in [0.2, 0.25) is 0 Å². The molecule has 0 aromatic heterocycles. The van der Waals surface area contributed by atoms with E-state index in [4.69, 9.17) is 14.2 Å². The van der Waals surface area contributed by atoms with Crippen molar-refractivity contribution >= 4 is 0 Å². The second kappa shape index (κ2) is 7.15. The minimum atomic E-state index is -1.11. The van der Waals surface area contributed by atoms with Crippen LogP contribution in [-0.4, -0.2) is 47.5 Å². The summed E-state index contributed by atoms with van der Waals surface area (Å²) in [5.74, 6) is 0. The number of aliphatic hydroxyl groups excluding tert-OH is 2. The quantitative estimate of drug-likeness (QED) is 0.817. The molecule has 0 spiro atoms. The van der Waals surface area contributed by atoms with Gasteiger partial charge in [-0.05, 0) is 19.4 Å². The van der Waals surface area contributed by atoms with Gasteiger partial charge >= 0.3 is 0 Å². The van der Waals surface area contributed by atoms with E-state index in [-0.39, 0.29) is 12.7 Å². The molecule has 5 nitrogen and oxygen atoms in total. The molecule has 2 rings (SSSR count). The first kappa shape index (κ1) is 15.4. The van der Waals surface area contributed by atoms with Crippen molar-refractivity contribution in [2.24, 2.45) is 0 Å². The van der Waals surface area contributed by atoms with Gasteiger partial charge in [0.2, 0.25) is 0 Å². The summed E-state index contributed by atoms with van der Waals surface area (Å²) in [4.78, 5) is 0. The van der Waals surface area contributed by atoms with Gasteiger partial charge in [0.25, 0.3) is 0 Å². The lowest BCUT2D eigenvalue weighted by Gasteiger charge is -2.20. The number of aliphatic hydroxyl groups is 2. The molecule has 4 atom stereocenters. The van der Waals surface area contributed by atoms with Gasteiger partial charge in [-0.2, -0.15) is 0 Å². The lowest BCUT2D eigenvalue weighted by Crippen LogP contribution is -2.38. The summed E-state index contributed by atoms with van der Waals surface area (Å²) in [7, 11) is 0. The Morgan fingerprint density at radius 2 is 1.90 bits per heavy atom. The van der Waals surface area contributed by atoms with E-state index in [2.05, 4.69) is 0 Å². The highest BCUT2D eigenvalue weighted by Crippen LogP contribution is 2.24. The van der Waals surface area contributed by atoms with Gasteiger partial charge < -0.3 is 24.4 Å². The van der Waals surface area contributed by atoms with E-state index < -0.39 is 24.6 Å². The van der Waals surface area contributed by atoms with Gasteiger partial charge in [0.05, 0.1) is 19.3 Å². The van der Waals surface area contributed by atoms with Gasteiger partial charge in [-0.25, -0.2) is 0 Å². The molecule has 1 saturated heterocycles. The lowest BCUT2D eigenvalue weighted by atomic mass is 10.1. The van der Waals surface area contributed by atoms with Crippen LogP contribution in [0, 0.1) is 0 Å². The lowest BCUT2D eigenvalue weighted by molar-refractivity contribution is -0.158. The number of hydrogen-bond acceptors (Lipinski definition) is 5. The Morgan fingerprint density at radius 3 is 2.55 bits per heavy atom. The van der Waals surface area contributed by atoms with Gasteiger partial charge in [0.15, 0.2) is 6.29 Å². The molecule has 1 aliphatic heterocycles. The Kier molecular flexibility index (Phi) is 5.51. The fraction of sp³-hybridized carbons (Fsp3) is 0.600. The van der Waals surface area contributed by atoms with Crippen LogP contribution in [0.3, 0.4) is 0 Å². The molecule has 0 saturated carbocycles. The minimum absolute atomic E-state index is 0.0862. The smallest absolute Gasteiger partial charge is 0.184 e. The first-order valence-corrected chi connectivity index (χ1v) is 6.86. The van der Waals surface area contributed by atoms with Crippen LogP contribution in [0.1, 0.15) is 19.4 Å². The predicted molar refractivity (Wildman–Crippen MR) is 73.0 cm³/mol. The van der Waals surface area contributed by atoms with Crippen molar-refractivity contribution in [3.8, 4) is 0 Å². The maximum absolute atomic E-state index is 10.1. The average Bonchev–Trinajstić information content (AvgIpc) is 2.67. The molecular weight excluding hydrogens is 260 g/mol. The summed E-state index contributed by atoms with van der Waals surface area (Å²) in [6.45, 7) is 4.35. The van der Waals surface area contributed by atoms with Crippen LogP contribution in [0.15, 0.2) is 30.3 Å². The van der Waals surface area contributed by atoms with Gasteiger partial charge in [-0.3, -0.25) is 0 Å². The Bertz CT molecular complexity index is 395. The van der Waals surface area contributed by atoms with Gasteiger partial charge in [0, 0.05) is 0 Å². The van der Waals surface area contributed by atoms with Gasteiger partial charge in [0.1, 0.15) is 18.3 Å². The van der Waals surface area contributed by atoms with Crippen molar-refractivity contribution in [3.05, 3.63) is 35.9 Å². The van der Waals surface area contributed by atoms with Crippen molar-refractivity contribution in [3.63, 3.8) is 0 Å². The monoisotopic (exact) mass is 282 g/mol. The highest BCUT2D eigenvalue weighted by atomic mass is 16.7. The zero-order valence-electron chi connectivity index (χ0n) is 11.8. The van der Waals surface area contributed by atoms with E-state index in [9.17, 15) is 10.2 Å². The molecule has 20 heavy (non-hydrogen) atoms. The molecule has 0 aliphatic carbocycles. The molecule has 2 N–H and O–H groups in total. The molecule has 1 fully saturated rings. The predicted octanol–water partition coefficient (Wildman–Crippen LogP) is 1.07. The third-order valence-electron chi connectivity index (χ3n) is 3.14. The topological polar surface area (TPSA) is 68.2 Å². The van der Waals surface area contributed by atoms with Crippen molar-refractivity contribution in [2.45, 2.75) is 51.2 Å². The van der Waals surface area contributed by atoms with Crippen LogP contribution in [0.25, 0.3) is 0 Å². The maximum Gasteiger partial charge on any atom is 0.184 e. The van der Waals surface area contributed by atoms with Crippen molar-refractivity contribution in [1.29, 1.82) is 0 Å². The molecular formula is C15H22O5. The molecule has 5 heteroatoms. The van der Waals surface area contributed by atoms with E-state index in [0.717, 1.165) is 5.56 Å². The van der Waals surface area contributed by atoms with Gasteiger partial charge in [-0.15, -0.1) is 0 Å². The van der Waals surface area contributed by atoms with Crippen LogP contribution < -0.4 is 0 Å². The van der Waals surface area contributed by atoms with Crippen LogP contribution in [-0.2, 0) is 20.8 Å².